The number of hydrogen-bond acceptors (Lipinski definition) is 5. The van der Waals surface area contributed by atoms with E-state index in [2.05, 4.69) is 25.5 Å². The summed E-state index contributed by atoms with van der Waals surface area (Å²) < 4.78 is 1.88. The molecule has 0 saturated carbocycles. The molecule has 0 aliphatic carbocycles. The van der Waals surface area contributed by atoms with Gasteiger partial charge in [0.05, 0.1) is 17.4 Å². The van der Waals surface area contributed by atoms with Gasteiger partial charge in [0.25, 0.3) is 5.56 Å². The maximum absolute atomic E-state index is 12.1. The summed E-state index contributed by atoms with van der Waals surface area (Å²) in [7, 11) is 0. The third-order valence-corrected chi connectivity index (χ3v) is 3.68. The number of fused-ring (bicyclic) bond motifs is 1. The lowest BCUT2D eigenvalue weighted by atomic mass is 10.2. The number of anilines is 1. The Kier molecular flexibility index (Phi) is 3.51. The van der Waals surface area contributed by atoms with Crippen molar-refractivity contribution in [2.24, 2.45) is 0 Å². The zero-order valence-corrected chi connectivity index (χ0v) is 12.7. The molecule has 2 heterocycles. The molecule has 4 rings (SSSR count). The topological polar surface area (TPSA) is 88.5 Å². The van der Waals surface area contributed by atoms with Gasteiger partial charge >= 0.3 is 0 Å². The van der Waals surface area contributed by atoms with Crippen molar-refractivity contribution in [1.82, 2.24) is 24.7 Å². The minimum atomic E-state index is -0.173. The van der Waals surface area contributed by atoms with Crippen molar-refractivity contribution in [2.45, 2.75) is 6.54 Å². The van der Waals surface area contributed by atoms with E-state index >= 15 is 0 Å². The summed E-state index contributed by atoms with van der Waals surface area (Å²) in [5.41, 5.74) is 1.44. The zero-order chi connectivity index (χ0) is 16.4. The zero-order valence-electron chi connectivity index (χ0n) is 12.7. The predicted molar refractivity (Wildman–Crippen MR) is 91.0 cm³/mol. The Labute approximate surface area is 137 Å². The second kappa shape index (κ2) is 5.96. The number of nitrogens with one attached hydrogen (secondary N) is 2. The molecule has 7 heteroatoms. The molecule has 0 aliphatic heterocycles. The standard InChI is InChI=1S/C17H14N6O/c24-16-13-8-4-5-9-14(13)20-17(21-16)18-10-15-22-19-11-23(15)12-6-2-1-3-7-12/h1-9,11H,10H2,(H2,18,20,21,24). The number of rotatable bonds is 4. The SMILES string of the molecule is O=c1[nH]c(NCc2nncn2-c2ccccc2)nc2ccccc12. The van der Waals surface area contributed by atoms with E-state index in [9.17, 15) is 4.79 Å². The summed E-state index contributed by atoms with van der Waals surface area (Å²) in [6, 6.07) is 17.0. The highest BCUT2D eigenvalue weighted by Gasteiger charge is 2.08. The largest absolute Gasteiger partial charge is 0.348 e. The first-order valence-electron chi connectivity index (χ1n) is 7.48. The fourth-order valence-corrected chi connectivity index (χ4v) is 2.52. The van der Waals surface area contributed by atoms with E-state index < -0.39 is 0 Å². The van der Waals surface area contributed by atoms with Crippen molar-refractivity contribution in [3.63, 3.8) is 0 Å². The molecule has 0 fully saturated rings. The smallest absolute Gasteiger partial charge is 0.260 e. The van der Waals surface area contributed by atoms with E-state index in [0.717, 1.165) is 11.5 Å². The van der Waals surface area contributed by atoms with Crippen molar-refractivity contribution in [1.29, 1.82) is 0 Å². The number of hydrogen-bond donors (Lipinski definition) is 2. The molecule has 24 heavy (non-hydrogen) atoms. The summed E-state index contributed by atoms with van der Waals surface area (Å²) in [4.78, 5) is 19.2. The van der Waals surface area contributed by atoms with Crippen LogP contribution >= 0.6 is 0 Å². The summed E-state index contributed by atoms with van der Waals surface area (Å²) >= 11 is 0. The Morgan fingerprint density at radius 3 is 2.71 bits per heavy atom. The molecule has 2 N–H and O–H groups in total. The van der Waals surface area contributed by atoms with Gasteiger partial charge in [-0.1, -0.05) is 30.3 Å². The lowest BCUT2D eigenvalue weighted by Gasteiger charge is -2.08. The van der Waals surface area contributed by atoms with Crippen molar-refractivity contribution in [3.05, 3.63) is 77.1 Å². The van der Waals surface area contributed by atoms with Gasteiger partial charge in [-0.2, -0.15) is 0 Å². The van der Waals surface area contributed by atoms with Crippen molar-refractivity contribution in [3.8, 4) is 5.69 Å². The Balaban J connectivity index is 1.60. The first kappa shape index (κ1) is 14.1. The number of aromatic amines is 1. The average molecular weight is 318 g/mol. The molecule has 118 valence electrons. The molecular weight excluding hydrogens is 304 g/mol. The van der Waals surface area contributed by atoms with E-state index in [1.807, 2.05) is 53.1 Å². The monoisotopic (exact) mass is 318 g/mol. The number of H-pyrrole nitrogens is 1. The highest BCUT2D eigenvalue weighted by molar-refractivity contribution is 5.78. The average Bonchev–Trinajstić information content (AvgIpc) is 3.09. The van der Waals surface area contributed by atoms with Crippen LogP contribution in [0.25, 0.3) is 16.6 Å². The molecule has 0 bridgehead atoms. The van der Waals surface area contributed by atoms with Gasteiger partial charge in [0.15, 0.2) is 5.82 Å². The van der Waals surface area contributed by atoms with E-state index in [-0.39, 0.29) is 5.56 Å². The number of para-hydroxylation sites is 2. The van der Waals surface area contributed by atoms with Crippen LogP contribution in [0, 0.1) is 0 Å². The van der Waals surface area contributed by atoms with Crippen LogP contribution in [0.4, 0.5) is 5.95 Å². The summed E-state index contributed by atoms with van der Waals surface area (Å²) in [5, 5.41) is 11.7. The van der Waals surface area contributed by atoms with E-state index in [1.165, 1.54) is 0 Å². The van der Waals surface area contributed by atoms with Crippen LogP contribution in [0.2, 0.25) is 0 Å². The van der Waals surface area contributed by atoms with Gasteiger partial charge in [0, 0.05) is 5.69 Å². The van der Waals surface area contributed by atoms with Crippen LogP contribution < -0.4 is 10.9 Å². The van der Waals surface area contributed by atoms with Gasteiger partial charge in [-0.05, 0) is 24.3 Å². The van der Waals surface area contributed by atoms with Gasteiger partial charge < -0.3 is 5.32 Å². The molecule has 0 spiro atoms. The molecule has 7 nitrogen and oxygen atoms in total. The number of nitrogens with zero attached hydrogens (tertiary/aromatic N) is 4. The number of benzene rings is 2. The van der Waals surface area contributed by atoms with Crippen LogP contribution in [0.15, 0.2) is 65.7 Å². The third kappa shape index (κ3) is 2.63. The molecule has 0 aliphatic rings. The Bertz CT molecular complexity index is 1040. The minimum absolute atomic E-state index is 0.173. The lowest BCUT2D eigenvalue weighted by Crippen LogP contribution is -2.14. The summed E-state index contributed by atoms with van der Waals surface area (Å²) in [6.45, 7) is 0.385. The molecule has 0 unspecified atom stereocenters. The molecule has 0 atom stereocenters. The molecule has 0 radical (unpaired) electrons. The highest BCUT2D eigenvalue weighted by Crippen LogP contribution is 2.11. The Morgan fingerprint density at radius 1 is 1.04 bits per heavy atom. The van der Waals surface area contributed by atoms with Gasteiger partial charge in [-0.3, -0.25) is 14.3 Å². The maximum atomic E-state index is 12.1. The van der Waals surface area contributed by atoms with Crippen LogP contribution in [0.5, 0.6) is 0 Å². The van der Waals surface area contributed by atoms with Crippen LogP contribution in [0.3, 0.4) is 0 Å². The van der Waals surface area contributed by atoms with Gasteiger partial charge in [-0.15, -0.1) is 10.2 Å². The first-order valence-corrected chi connectivity index (χ1v) is 7.48. The normalized spacial score (nSPS) is 10.8. The molecule has 0 saturated heterocycles. The molecular formula is C17H14N6O. The second-order valence-electron chi connectivity index (χ2n) is 5.24. The van der Waals surface area contributed by atoms with E-state index in [4.69, 9.17) is 0 Å². The summed E-state index contributed by atoms with van der Waals surface area (Å²) in [5.74, 6) is 1.12. The lowest BCUT2D eigenvalue weighted by molar-refractivity contribution is 0.879. The Hall–Kier alpha value is -3.48. The van der Waals surface area contributed by atoms with Gasteiger partial charge in [-0.25, -0.2) is 4.98 Å². The fraction of sp³-hybridized carbons (Fsp3) is 0.0588. The fourth-order valence-electron chi connectivity index (χ4n) is 2.52. The van der Waals surface area contributed by atoms with Crippen LogP contribution in [-0.4, -0.2) is 24.7 Å². The number of aromatic nitrogens is 5. The van der Waals surface area contributed by atoms with Gasteiger partial charge in [0.1, 0.15) is 6.33 Å². The Morgan fingerprint density at radius 2 is 1.83 bits per heavy atom. The quantitative estimate of drug-likeness (QED) is 0.601. The molecule has 2 aromatic heterocycles. The minimum Gasteiger partial charge on any atom is -0.348 e. The molecule has 0 amide bonds. The van der Waals surface area contributed by atoms with Crippen molar-refractivity contribution >= 4 is 16.9 Å². The second-order valence-corrected chi connectivity index (χ2v) is 5.24. The van der Waals surface area contributed by atoms with Crippen LogP contribution in [0.1, 0.15) is 5.82 Å². The van der Waals surface area contributed by atoms with Crippen LogP contribution in [-0.2, 0) is 6.54 Å². The van der Waals surface area contributed by atoms with Crippen molar-refractivity contribution < 1.29 is 0 Å². The maximum Gasteiger partial charge on any atom is 0.260 e. The molecule has 4 aromatic rings. The van der Waals surface area contributed by atoms with Crippen molar-refractivity contribution in [2.75, 3.05) is 5.32 Å². The van der Waals surface area contributed by atoms with E-state index in [1.54, 1.807) is 12.4 Å². The summed E-state index contributed by atoms with van der Waals surface area (Å²) in [6.07, 6.45) is 1.66. The van der Waals surface area contributed by atoms with E-state index in [0.29, 0.717) is 23.4 Å². The highest BCUT2D eigenvalue weighted by atomic mass is 16.1. The predicted octanol–water partition coefficient (Wildman–Crippen LogP) is 2.12. The first-order chi connectivity index (χ1) is 11.8. The van der Waals surface area contributed by atoms with Gasteiger partial charge in [0.2, 0.25) is 5.95 Å². The third-order valence-electron chi connectivity index (χ3n) is 3.68. The molecule has 2 aromatic carbocycles.